The first-order valence-electron chi connectivity index (χ1n) is 7.31. The third-order valence-corrected chi connectivity index (χ3v) is 3.17. The molecule has 0 aliphatic carbocycles. The molecule has 3 rings (SSSR count). The summed E-state index contributed by atoms with van der Waals surface area (Å²) in [5, 5.41) is 2.53. The Morgan fingerprint density at radius 1 is 1.12 bits per heavy atom. The number of hydrogen-bond donors (Lipinski definition) is 1. The fourth-order valence-corrected chi connectivity index (χ4v) is 2.12. The van der Waals surface area contributed by atoms with Crippen molar-refractivity contribution < 1.29 is 28.5 Å². The number of ether oxygens (including phenoxy) is 4. The van der Waals surface area contributed by atoms with E-state index in [4.69, 9.17) is 18.9 Å². The van der Waals surface area contributed by atoms with Gasteiger partial charge in [-0.05, 0) is 37.3 Å². The van der Waals surface area contributed by atoms with E-state index in [0.717, 1.165) is 0 Å². The fraction of sp³-hybridized carbons (Fsp3) is 0.176. The van der Waals surface area contributed by atoms with E-state index in [1.165, 1.54) is 6.07 Å². The molecule has 2 aromatic rings. The van der Waals surface area contributed by atoms with E-state index in [1.807, 2.05) is 0 Å². The smallest absolute Gasteiger partial charge is 0.411 e. The van der Waals surface area contributed by atoms with Crippen molar-refractivity contribution in [2.75, 3.05) is 18.7 Å². The van der Waals surface area contributed by atoms with Crippen LogP contribution in [0.15, 0.2) is 42.5 Å². The summed E-state index contributed by atoms with van der Waals surface area (Å²) < 4.78 is 20.5. The maximum atomic E-state index is 12.2. The predicted octanol–water partition coefficient (Wildman–Crippen LogP) is 3.20. The molecule has 0 radical (unpaired) electrons. The van der Waals surface area contributed by atoms with Gasteiger partial charge in [0.25, 0.3) is 0 Å². The van der Waals surface area contributed by atoms with Crippen LogP contribution in [-0.4, -0.2) is 25.5 Å². The maximum Gasteiger partial charge on any atom is 0.411 e. The van der Waals surface area contributed by atoms with Crippen LogP contribution in [0.4, 0.5) is 10.5 Å². The van der Waals surface area contributed by atoms with Crippen LogP contribution in [-0.2, 0) is 4.74 Å². The van der Waals surface area contributed by atoms with E-state index in [-0.39, 0.29) is 13.4 Å². The third-order valence-electron chi connectivity index (χ3n) is 3.17. The third kappa shape index (κ3) is 3.57. The Bertz CT molecular complexity index is 773. The van der Waals surface area contributed by atoms with Gasteiger partial charge < -0.3 is 18.9 Å². The Morgan fingerprint density at radius 2 is 1.96 bits per heavy atom. The summed E-state index contributed by atoms with van der Waals surface area (Å²) in [4.78, 5) is 23.7. The first kappa shape index (κ1) is 15.7. The Balaban J connectivity index is 1.69. The van der Waals surface area contributed by atoms with Crippen LogP contribution in [0.2, 0.25) is 0 Å². The van der Waals surface area contributed by atoms with Gasteiger partial charge in [-0.3, -0.25) is 5.32 Å². The van der Waals surface area contributed by atoms with E-state index in [9.17, 15) is 9.59 Å². The van der Waals surface area contributed by atoms with E-state index >= 15 is 0 Å². The number of fused-ring (bicyclic) bond motifs is 1. The first-order chi connectivity index (χ1) is 11.7. The largest absolute Gasteiger partial charge is 0.454 e. The van der Waals surface area contributed by atoms with Crippen molar-refractivity contribution in [3.8, 4) is 17.2 Å². The van der Waals surface area contributed by atoms with Crippen LogP contribution in [0.25, 0.3) is 0 Å². The van der Waals surface area contributed by atoms with Gasteiger partial charge in [0, 0.05) is 11.8 Å². The molecule has 1 amide bonds. The minimum absolute atomic E-state index is 0.147. The van der Waals surface area contributed by atoms with Crippen LogP contribution in [0.1, 0.15) is 17.3 Å². The normalized spacial score (nSPS) is 11.7. The highest BCUT2D eigenvalue weighted by atomic mass is 16.7. The van der Waals surface area contributed by atoms with Crippen LogP contribution in [0.5, 0.6) is 17.2 Å². The number of rotatable bonds is 4. The highest BCUT2D eigenvalue weighted by molar-refractivity contribution is 5.93. The second kappa shape index (κ2) is 6.91. The molecule has 1 N–H and O–H groups in total. The molecule has 0 saturated heterocycles. The molecule has 7 nitrogen and oxygen atoms in total. The molecule has 0 saturated carbocycles. The molecule has 0 bridgehead atoms. The van der Waals surface area contributed by atoms with Gasteiger partial charge in [0.1, 0.15) is 5.75 Å². The van der Waals surface area contributed by atoms with Crippen molar-refractivity contribution in [3.63, 3.8) is 0 Å². The number of benzene rings is 2. The van der Waals surface area contributed by atoms with Gasteiger partial charge in [0.05, 0.1) is 12.2 Å². The predicted molar refractivity (Wildman–Crippen MR) is 84.6 cm³/mol. The maximum absolute atomic E-state index is 12.2. The Labute approximate surface area is 138 Å². The van der Waals surface area contributed by atoms with Crippen LogP contribution in [0, 0.1) is 0 Å². The highest BCUT2D eigenvalue weighted by Crippen LogP contribution is 2.35. The zero-order valence-electron chi connectivity index (χ0n) is 12.9. The van der Waals surface area contributed by atoms with Crippen molar-refractivity contribution in [3.05, 3.63) is 48.0 Å². The number of nitrogens with one attached hydrogen (secondary N) is 1. The summed E-state index contributed by atoms with van der Waals surface area (Å²) in [7, 11) is 0. The second-order valence-electron chi connectivity index (χ2n) is 4.83. The molecular weight excluding hydrogens is 314 g/mol. The van der Waals surface area contributed by atoms with Gasteiger partial charge in [-0.15, -0.1) is 0 Å². The molecule has 124 valence electrons. The average molecular weight is 329 g/mol. The summed E-state index contributed by atoms with van der Waals surface area (Å²) in [6.07, 6.45) is -0.584. The van der Waals surface area contributed by atoms with Crippen molar-refractivity contribution in [1.82, 2.24) is 0 Å². The van der Waals surface area contributed by atoms with Gasteiger partial charge in [0.15, 0.2) is 11.5 Å². The molecule has 1 heterocycles. The number of amides is 1. The van der Waals surface area contributed by atoms with Gasteiger partial charge in [0.2, 0.25) is 6.79 Å². The number of carbonyl (C=O) groups is 2. The van der Waals surface area contributed by atoms with E-state index in [1.54, 1.807) is 43.3 Å². The van der Waals surface area contributed by atoms with Crippen molar-refractivity contribution in [1.29, 1.82) is 0 Å². The molecule has 0 atom stereocenters. The number of esters is 1. The molecule has 7 heteroatoms. The molecule has 0 unspecified atom stereocenters. The number of hydrogen-bond acceptors (Lipinski definition) is 6. The van der Waals surface area contributed by atoms with Crippen molar-refractivity contribution in [2.24, 2.45) is 0 Å². The van der Waals surface area contributed by atoms with Crippen molar-refractivity contribution in [2.45, 2.75) is 6.92 Å². The average Bonchev–Trinajstić information content (AvgIpc) is 3.03. The summed E-state index contributed by atoms with van der Waals surface area (Å²) in [6.45, 7) is 2.12. The minimum Gasteiger partial charge on any atom is -0.454 e. The quantitative estimate of drug-likeness (QED) is 0.685. The molecule has 1 aliphatic rings. The Hall–Kier alpha value is -3.22. The first-order valence-corrected chi connectivity index (χ1v) is 7.31. The lowest BCUT2D eigenvalue weighted by molar-refractivity contribution is 0.0734. The van der Waals surface area contributed by atoms with Gasteiger partial charge in [-0.2, -0.15) is 0 Å². The monoisotopic (exact) mass is 329 g/mol. The van der Waals surface area contributed by atoms with E-state index < -0.39 is 12.1 Å². The van der Waals surface area contributed by atoms with Gasteiger partial charge in [-0.25, -0.2) is 9.59 Å². The molecule has 0 spiro atoms. The summed E-state index contributed by atoms with van der Waals surface area (Å²) in [5.41, 5.74) is 0.732. The molecule has 0 fully saturated rings. The summed E-state index contributed by atoms with van der Waals surface area (Å²) >= 11 is 0. The molecule has 2 aromatic carbocycles. The second-order valence-corrected chi connectivity index (χ2v) is 4.83. The standard InChI is InChI=1S/C17H15NO6/c1-2-21-17(20)18-12-5-3-4-11(8-12)16(19)24-13-6-7-14-15(9-13)23-10-22-14/h3-9H,2,10H2,1H3,(H,18,20). The van der Waals surface area contributed by atoms with Gasteiger partial charge >= 0.3 is 12.1 Å². The minimum atomic E-state index is -0.584. The van der Waals surface area contributed by atoms with Crippen molar-refractivity contribution >= 4 is 17.7 Å². The van der Waals surface area contributed by atoms with E-state index in [2.05, 4.69) is 5.32 Å². The zero-order chi connectivity index (χ0) is 16.9. The Kier molecular flexibility index (Phi) is 4.51. The molecule has 24 heavy (non-hydrogen) atoms. The highest BCUT2D eigenvalue weighted by Gasteiger charge is 2.16. The SMILES string of the molecule is CCOC(=O)Nc1cccc(C(=O)Oc2ccc3c(c2)OCO3)c1. The zero-order valence-corrected chi connectivity index (χ0v) is 12.9. The topological polar surface area (TPSA) is 83.1 Å². The number of carbonyl (C=O) groups excluding carboxylic acids is 2. The summed E-state index contributed by atoms with van der Waals surface area (Å²) in [6, 6.07) is 11.3. The number of anilines is 1. The van der Waals surface area contributed by atoms with Gasteiger partial charge in [-0.1, -0.05) is 6.07 Å². The van der Waals surface area contributed by atoms with Crippen LogP contribution >= 0.6 is 0 Å². The lowest BCUT2D eigenvalue weighted by Gasteiger charge is -2.08. The Morgan fingerprint density at radius 3 is 2.79 bits per heavy atom. The van der Waals surface area contributed by atoms with Crippen LogP contribution < -0.4 is 19.5 Å². The summed E-state index contributed by atoms with van der Waals surface area (Å²) in [5.74, 6) is 0.919. The fourth-order valence-electron chi connectivity index (χ4n) is 2.12. The lowest BCUT2D eigenvalue weighted by Crippen LogP contribution is -2.14. The lowest BCUT2D eigenvalue weighted by atomic mass is 10.2. The molecular formula is C17H15NO6. The van der Waals surface area contributed by atoms with E-state index in [0.29, 0.717) is 28.5 Å². The van der Waals surface area contributed by atoms with Crippen LogP contribution in [0.3, 0.4) is 0 Å². The molecule has 0 aromatic heterocycles. The molecule has 1 aliphatic heterocycles.